The van der Waals surface area contributed by atoms with Crippen LogP contribution in [0.3, 0.4) is 0 Å². The number of benzene rings is 1. The van der Waals surface area contributed by atoms with Gasteiger partial charge in [-0.25, -0.2) is 14.4 Å². The molecule has 0 atom stereocenters. The van der Waals surface area contributed by atoms with Crippen LogP contribution in [0.2, 0.25) is 5.02 Å². The van der Waals surface area contributed by atoms with Crippen LogP contribution in [0.5, 0.6) is 5.88 Å². The number of ether oxygens (including phenoxy) is 1. The van der Waals surface area contributed by atoms with Crippen molar-refractivity contribution >= 4 is 11.6 Å². The lowest BCUT2D eigenvalue weighted by Crippen LogP contribution is -1.93. The third-order valence-corrected chi connectivity index (χ3v) is 3.36. The van der Waals surface area contributed by atoms with Crippen LogP contribution < -0.4 is 4.74 Å². The maximum atomic E-state index is 13.5. The lowest BCUT2D eigenvalue weighted by atomic mass is 9.98. The van der Waals surface area contributed by atoms with Gasteiger partial charge in [0.25, 0.3) is 0 Å². The van der Waals surface area contributed by atoms with Crippen molar-refractivity contribution in [2.45, 2.75) is 0 Å². The lowest BCUT2D eigenvalue weighted by Gasteiger charge is -2.10. The second kappa shape index (κ2) is 6.07. The molecule has 0 fully saturated rings. The van der Waals surface area contributed by atoms with Crippen LogP contribution in [0, 0.1) is 5.82 Å². The van der Waals surface area contributed by atoms with E-state index in [1.165, 1.54) is 19.5 Å². The van der Waals surface area contributed by atoms with E-state index in [9.17, 15) is 4.39 Å². The first-order chi connectivity index (χ1) is 10.7. The molecule has 2 heterocycles. The third-order valence-electron chi connectivity index (χ3n) is 3.12. The summed E-state index contributed by atoms with van der Waals surface area (Å²) in [4.78, 5) is 12.1. The molecule has 0 bridgehead atoms. The smallest absolute Gasteiger partial charge is 0.216 e. The third kappa shape index (κ3) is 2.89. The predicted molar refractivity (Wildman–Crippen MR) is 82.2 cm³/mol. The molecule has 0 N–H and O–H groups in total. The average molecular weight is 316 g/mol. The minimum absolute atomic E-state index is 0.404. The summed E-state index contributed by atoms with van der Waals surface area (Å²) in [5, 5.41) is 0.556. The number of hydrogen-bond acceptors (Lipinski definition) is 4. The highest BCUT2D eigenvalue weighted by atomic mass is 35.5. The standard InChI is InChI=1S/C16H11ClFN3O/c1-22-16-6-15(20-9-21-16)14-5-11(17)2-3-13(14)10-4-12(18)8-19-7-10/h2-9H,1H3. The minimum Gasteiger partial charge on any atom is -0.481 e. The molecule has 4 nitrogen and oxygen atoms in total. The van der Waals surface area contributed by atoms with E-state index in [4.69, 9.17) is 16.3 Å². The molecule has 3 aromatic rings. The van der Waals surface area contributed by atoms with Gasteiger partial charge in [-0.05, 0) is 23.8 Å². The van der Waals surface area contributed by atoms with E-state index in [2.05, 4.69) is 15.0 Å². The summed E-state index contributed by atoms with van der Waals surface area (Å²) in [7, 11) is 1.53. The molecular weight excluding hydrogens is 305 g/mol. The van der Waals surface area contributed by atoms with E-state index >= 15 is 0 Å². The second-order valence-electron chi connectivity index (χ2n) is 4.53. The Morgan fingerprint density at radius 3 is 2.68 bits per heavy atom. The van der Waals surface area contributed by atoms with Crippen LogP contribution in [0.1, 0.15) is 0 Å². The fraction of sp³-hybridized carbons (Fsp3) is 0.0625. The van der Waals surface area contributed by atoms with Gasteiger partial charge in [0.2, 0.25) is 5.88 Å². The Morgan fingerprint density at radius 1 is 1.05 bits per heavy atom. The molecule has 0 amide bonds. The van der Waals surface area contributed by atoms with Crippen molar-refractivity contribution in [1.29, 1.82) is 0 Å². The minimum atomic E-state index is -0.404. The fourth-order valence-electron chi connectivity index (χ4n) is 2.14. The lowest BCUT2D eigenvalue weighted by molar-refractivity contribution is 0.397. The molecule has 0 radical (unpaired) electrons. The highest BCUT2D eigenvalue weighted by Crippen LogP contribution is 2.33. The Labute approximate surface area is 131 Å². The number of methoxy groups -OCH3 is 1. The van der Waals surface area contributed by atoms with Crippen molar-refractivity contribution in [3.05, 3.63) is 59.9 Å². The van der Waals surface area contributed by atoms with Gasteiger partial charge in [-0.15, -0.1) is 0 Å². The van der Waals surface area contributed by atoms with E-state index in [1.54, 1.807) is 24.4 Å². The zero-order valence-electron chi connectivity index (χ0n) is 11.6. The Hall–Kier alpha value is -2.53. The first-order valence-electron chi connectivity index (χ1n) is 6.44. The molecule has 0 unspecified atom stereocenters. The number of halogens is 2. The number of aromatic nitrogens is 3. The molecular formula is C16H11ClFN3O. The summed E-state index contributed by atoms with van der Waals surface area (Å²) < 4.78 is 18.6. The van der Waals surface area contributed by atoms with Gasteiger partial charge in [-0.1, -0.05) is 17.7 Å². The highest BCUT2D eigenvalue weighted by Gasteiger charge is 2.12. The maximum absolute atomic E-state index is 13.5. The zero-order chi connectivity index (χ0) is 15.5. The van der Waals surface area contributed by atoms with Gasteiger partial charge in [0.15, 0.2) is 0 Å². The van der Waals surface area contributed by atoms with Crippen LogP contribution in [-0.4, -0.2) is 22.1 Å². The summed E-state index contributed by atoms with van der Waals surface area (Å²) >= 11 is 6.09. The normalized spacial score (nSPS) is 10.5. The second-order valence-corrected chi connectivity index (χ2v) is 4.96. The monoisotopic (exact) mass is 315 g/mol. The topological polar surface area (TPSA) is 47.9 Å². The maximum Gasteiger partial charge on any atom is 0.216 e. The Kier molecular flexibility index (Phi) is 3.98. The van der Waals surface area contributed by atoms with Crippen molar-refractivity contribution in [2.75, 3.05) is 7.11 Å². The van der Waals surface area contributed by atoms with Crippen molar-refractivity contribution in [3.63, 3.8) is 0 Å². The van der Waals surface area contributed by atoms with Crippen LogP contribution in [0.4, 0.5) is 4.39 Å². The van der Waals surface area contributed by atoms with E-state index in [0.717, 1.165) is 17.3 Å². The van der Waals surface area contributed by atoms with Gasteiger partial charge in [-0.2, -0.15) is 0 Å². The van der Waals surface area contributed by atoms with Crippen LogP contribution >= 0.6 is 11.6 Å². The van der Waals surface area contributed by atoms with E-state index < -0.39 is 5.82 Å². The van der Waals surface area contributed by atoms with Crippen molar-refractivity contribution in [1.82, 2.24) is 15.0 Å². The van der Waals surface area contributed by atoms with Crippen molar-refractivity contribution in [3.8, 4) is 28.3 Å². The first-order valence-corrected chi connectivity index (χ1v) is 6.82. The van der Waals surface area contributed by atoms with Gasteiger partial charge in [-0.3, -0.25) is 4.98 Å². The molecule has 0 aliphatic rings. The van der Waals surface area contributed by atoms with Crippen molar-refractivity contribution < 1.29 is 9.13 Å². The largest absolute Gasteiger partial charge is 0.481 e. The molecule has 0 aliphatic heterocycles. The van der Waals surface area contributed by atoms with Gasteiger partial charge in [0.1, 0.15) is 12.1 Å². The van der Waals surface area contributed by atoms with E-state index in [0.29, 0.717) is 22.2 Å². The molecule has 1 aromatic carbocycles. The van der Waals surface area contributed by atoms with Gasteiger partial charge < -0.3 is 4.74 Å². The molecule has 0 spiro atoms. The number of rotatable bonds is 3. The summed E-state index contributed by atoms with van der Waals surface area (Å²) in [6, 6.07) is 8.43. The molecule has 2 aromatic heterocycles. The molecule has 3 rings (SSSR count). The fourth-order valence-corrected chi connectivity index (χ4v) is 2.31. The SMILES string of the molecule is COc1cc(-c2cc(Cl)ccc2-c2cncc(F)c2)ncn1. The number of pyridine rings is 1. The van der Waals surface area contributed by atoms with Gasteiger partial charge >= 0.3 is 0 Å². The van der Waals surface area contributed by atoms with Crippen molar-refractivity contribution in [2.24, 2.45) is 0 Å². The van der Waals surface area contributed by atoms with E-state index in [-0.39, 0.29) is 0 Å². The highest BCUT2D eigenvalue weighted by molar-refractivity contribution is 6.31. The number of nitrogens with zero attached hydrogens (tertiary/aromatic N) is 3. The Morgan fingerprint density at radius 2 is 1.91 bits per heavy atom. The molecule has 22 heavy (non-hydrogen) atoms. The average Bonchev–Trinajstić information content (AvgIpc) is 2.55. The van der Waals surface area contributed by atoms with Crippen LogP contribution in [0.25, 0.3) is 22.4 Å². The number of hydrogen-bond donors (Lipinski definition) is 0. The molecule has 0 aliphatic carbocycles. The van der Waals surface area contributed by atoms with E-state index in [1.807, 2.05) is 6.07 Å². The molecule has 0 saturated heterocycles. The summed E-state index contributed by atoms with van der Waals surface area (Å²) in [5.74, 6) is 0.0342. The summed E-state index contributed by atoms with van der Waals surface area (Å²) in [6.07, 6.45) is 4.16. The predicted octanol–water partition coefficient (Wildman–Crippen LogP) is 4.01. The molecule has 110 valence electrons. The zero-order valence-corrected chi connectivity index (χ0v) is 12.4. The summed E-state index contributed by atoms with van der Waals surface area (Å²) in [5.41, 5.74) is 2.80. The first kappa shape index (κ1) is 14.4. The summed E-state index contributed by atoms with van der Waals surface area (Å²) in [6.45, 7) is 0. The van der Waals surface area contributed by atoms with Crippen LogP contribution in [-0.2, 0) is 0 Å². The van der Waals surface area contributed by atoms with Gasteiger partial charge in [0, 0.05) is 28.4 Å². The quantitative estimate of drug-likeness (QED) is 0.733. The Balaban J connectivity index is 2.20. The molecule has 0 saturated carbocycles. The Bertz CT molecular complexity index is 826. The van der Waals surface area contributed by atoms with Crippen LogP contribution in [0.15, 0.2) is 49.1 Å². The molecule has 6 heteroatoms. The van der Waals surface area contributed by atoms with Gasteiger partial charge in [0.05, 0.1) is 19.0 Å².